The molecule has 22 heavy (non-hydrogen) atoms. The molecule has 1 aliphatic rings. The first kappa shape index (κ1) is 16.5. The summed E-state index contributed by atoms with van der Waals surface area (Å²) in [5.74, 6) is 0.809. The predicted octanol–water partition coefficient (Wildman–Crippen LogP) is 1.84. The number of ether oxygens (including phenoxy) is 1. The fourth-order valence-electron chi connectivity index (χ4n) is 2.67. The van der Waals surface area contributed by atoms with Crippen LogP contribution in [0.2, 0.25) is 0 Å². The van der Waals surface area contributed by atoms with Crippen LogP contribution in [0.1, 0.15) is 49.2 Å². The van der Waals surface area contributed by atoms with E-state index in [0.29, 0.717) is 29.6 Å². The average molecular weight is 308 g/mol. The Labute approximate surface area is 130 Å². The molecule has 3 N–H and O–H groups in total. The molecule has 1 aromatic rings. The second-order valence-corrected chi connectivity index (χ2v) is 6.19. The molecule has 6 nitrogen and oxygen atoms in total. The summed E-state index contributed by atoms with van der Waals surface area (Å²) in [5, 5.41) is 2.82. The van der Waals surface area contributed by atoms with Gasteiger partial charge in [-0.1, -0.05) is 13.8 Å². The maximum atomic E-state index is 12.0. The van der Waals surface area contributed by atoms with E-state index in [1.54, 1.807) is 6.07 Å². The lowest BCUT2D eigenvalue weighted by Gasteiger charge is -2.31. The zero-order valence-corrected chi connectivity index (χ0v) is 13.1. The van der Waals surface area contributed by atoms with Crippen LogP contribution in [-0.2, 0) is 16.1 Å². The maximum absolute atomic E-state index is 12.0. The van der Waals surface area contributed by atoms with E-state index in [2.05, 4.69) is 19.2 Å². The Kier molecular flexibility index (Phi) is 5.60. The highest BCUT2D eigenvalue weighted by molar-refractivity contribution is 5.92. The topological polar surface area (TPSA) is 94.6 Å². The third kappa shape index (κ3) is 4.59. The monoisotopic (exact) mass is 308 g/mol. The van der Waals surface area contributed by atoms with Gasteiger partial charge in [-0.2, -0.15) is 0 Å². The van der Waals surface area contributed by atoms with Crippen molar-refractivity contribution in [2.45, 2.75) is 45.8 Å². The van der Waals surface area contributed by atoms with Crippen molar-refractivity contribution in [2.75, 3.05) is 6.61 Å². The van der Waals surface area contributed by atoms with Gasteiger partial charge in [0.15, 0.2) is 0 Å². The zero-order valence-electron chi connectivity index (χ0n) is 13.1. The van der Waals surface area contributed by atoms with Gasteiger partial charge in [0.2, 0.25) is 5.91 Å². The number of hydrogen-bond acceptors (Lipinski definition) is 4. The fraction of sp³-hybridized carbons (Fsp3) is 0.625. The molecule has 0 saturated carbocycles. The number of carbonyl (C=O) groups is 2. The lowest BCUT2D eigenvalue weighted by molar-refractivity contribution is -0.123. The van der Waals surface area contributed by atoms with E-state index in [9.17, 15) is 9.59 Å². The van der Waals surface area contributed by atoms with E-state index >= 15 is 0 Å². The third-order valence-electron chi connectivity index (χ3n) is 4.04. The highest BCUT2D eigenvalue weighted by Crippen LogP contribution is 2.27. The van der Waals surface area contributed by atoms with Crippen molar-refractivity contribution in [1.29, 1.82) is 0 Å². The summed E-state index contributed by atoms with van der Waals surface area (Å²) in [5.41, 5.74) is 5.46. The number of rotatable bonds is 6. The van der Waals surface area contributed by atoms with Crippen LogP contribution in [0.5, 0.6) is 0 Å². The Morgan fingerprint density at radius 2 is 2.23 bits per heavy atom. The van der Waals surface area contributed by atoms with Gasteiger partial charge in [-0.05, 0) is 30.7 Å². The molecular weight excluding hydrogens is 284 g/mol. The summed E-state index contributed by atoms with van der Waals surface area (Å²) in [7, 11) is 0. The minimum Gasteiger partial charge on any atom is -0.467 e. The minimum atomic E-state index is -0.539. The quantitative estimate of drug-likeness (QED) is 0.838. The molecule has 0 aliphatic carbocycles. The Balaban J connectivity index is 1.76. The van der Waals surface area contributed by atoms with Crippen LogP contribution < -0.4 is 11.1 Å². The van der Waals surface area contributed by atoms with Gasteiger partial charge in [0.25, 0.3) is 5.91 Å². The number of nitrogens with one attached hydrogen (secondary N) is 1. The highest BCUT2D eigenvalue weighted by Gasteiger charge is 2.26. The van der Waals surface area contributed by atoms with Gasteiger partial charge in [-0.15, -0.1) is 0 Å². The largest absolute Gasteiger partial charge is 0.467 e. The van der Waals surface area contributed by atoms with E-state index < -0.39 is 5.91 Å². The van der Waals surface area contributed by atoms with Crippen molar-refractivity contribution >= 4 is 11.8 Å². The van der Waals surface area contributed by atoms with E-state index in [1.807, 2.05) is 0 Å². The normalized spacial score (nSPS) is 21.8. The van der Waals surface area contributed by atoms with E-state index in [-0.39, 0.29) is 18.6 Å². The summed E-state index contributed by atoms with van der Waals surface area (Å²) in [4.78, 5) is 23.0. The molecule has 2 heterocycles. The third-order valence-corrected chi connectivity index (χ3v) is 4.04. The van der Waals surface area contributed by atoms with Gasteiger partial charge in [0.05, 0.1) is 18.2 Å². The Morgan fingerprint density at radius 1 is 1.45 bits per heavy atom. The molecule has 0 bridgehead atoms. The van der Waals surface area contributed by atoms with Crippen LogP contribution in [0.15, 0.2) is 16.7 Å². The standard InChI is InChI=1S/C16H24N2O4/c1-10(2)14-5-11(3-4-21-14)6-15(19)18-8-13-7-12(9-22-13)16(17)20/h7,9-11,14H,3-6,8H2,1-2H3,(H2,17,20)(H,18,19). The molecule has 6 heteroatoms. The molecule has 0 aromatic carbocycles. The minimum absolute atomic E-state index is 0.00793. The Morgan fingerprint density at radius 3 is 2.86 bits per heavy atom. The smallest absolute Gasteiger partial charge is 0.251 e. The van der Waals surface area contributed by atoms with Gasteiger partial charge in [0.1, 0.15) is 12.0 Å². The zero-order chi connectivity index (χ0) is 16.1. The summed E-state index contributed by atoms with van der Waals surface area (Å²) in [6, 6.07) is 1.55. The maximum Gasteiger partial charge on any atom is 0.251 e. The van der Waals surface area contributed by atoms with E-state index in [1.165, 1.54) is 6.26 Å². The number of primary amides is 1. The SMILES string of the molecule is CC(C)C1CC(CC(=O)NCc2cc(C(N)=O)co2)CCO1. The summed E-state index contributed by atoms with van der Waals surface area (Å²) in [6.45, 7) is 5.27. The molecule has 1 fully saturated rings. The fourth-order valence-corrected chi connectivity index (χ4v) is 2.67. The van der Waals surface area contributed by atoms with Crippen molar-refractivity contribution in [3.8, 4) is 0 Å². The van der Waals surface area contributed by atoms with Gasteiger partial charge in [-0.3, -0.25) is 9.59 Å². The van der Waals surface area contributed by atoms with Crippen molar-refractivity contribution in [2.24, 2.45) is 17.6 Å². The van der Waals surface area contributed by atoms with Crippen LogP contribution in [0, 0.1) is 11.8 Å². The van der Waals surface area contributed by atoms with Crippen LogP contribution >= 0.6 is 0 Å². The van der Waals surface area contributed by atoms with Gasteiger partial charge < -0.3 is 20.2 Å². The van der Waals surface area contributed by atoms with Crippen molar-refractivity contribution in [3.05, 3.63) is 23.7 Å². The second-order valence-electron chi connectivity index (χ2n) is 6.19. The average Bonchev–Trinajstić information content (AvgIpc) is 2.94. The molecule has 0 radical (unpaired) electrons. The molecule has 1 aliphatic heterocycles. The molecule has 2 atom stereocenters. The predicted molar refractivity (Wildman–Crippen MR) is 81.0 cm³/mol. The number of amides is 2. The van der Waals surface area contributed by atoms with Crippen molar-refractivity contribution in [3.63, 3.8) is 0 Å². The molecule has 1 aromatic heterocycles. The molecule has 2 amide bonds. The summed E-state index contributed by atoms with van der Waals surface area (Å²) in [6.07, 6.45) is 3.89. The molecule has 2 rings (SSSR count). The van der Waals surface area contributed by atoms with Gasteiger partial charge in [-0.25, -0.2) is 0 Å². The number of carbonyl (C=O) groups excluding carboxylic acids is 2. The Hall–Kier alpha value is -1.82. The molecule has 0 spiro atoms. The molecule has 122 valence electrons. The number of hydrogen-bond donors (Lipinski definition) is 2. The van der Waals surface area contributed by atoms with Crippen LogP contribution in [0.25, 0.3) is 0 Å². The van der Waals surface area contributed by atoms with Gasteiger partial charge >= 0.3 is 0 Å². The van der Waals surface area contributed by atoms with Crippen molar-refractivity contribution < 1.29 is 18.7 Å². The summed E-state index contributed by atoms with van der Waals surface area (Å²) < 4.78 is 10.9. The van der Waals surface area contributed by atoms with E-state index in [0.717, 1.165) is 19.4 Å². The van der Waals surface area contributed by atoms with Crippen LogP contribution in [0.4, 0.5) is 0 Å². The van der Waals surface area contributed by atoms with Gasteiger partial charge in [0, 0.05) is 13.0 Å². The lowest BCUT2D eigenvalue weighted by atomic mass is 9.88. The first-order valence-electron chi connectivity index (χ1n) is 7.71. The lowest BCUT2D eigenvalue weighted by Crippen LogP contribution is -2.33. The Bertz CT molecular complexity index is 524. The molecular formula is C16H24N2O4. The van der Waals surface area contributed by atoms with E-state index in [4.69, 9.17) is 14.9 Å². The molecule has 2 unspecified atom stereocenters. The number of nitrogens with two attached hydrogens (primary N) is 1. The molecule has 1 saturated heterocycles. The van der Waals surface area contributed by atoms with Crippen LogP contribution in [0.3, 0.4) is 0 Å². The van der Waals surface area contributed by atoms with Crippen LogP contribution in [-0.4, -0.2) is 24.5 Å². The number of furan rings is 1. The first-order chi connectivity index (χ1) is 10.5. The van der Waals surface area contributed by atoms with Crippen molar-refractivity contribution in [1.82, 2.24) is 5.32 Å². The first-order valence-corrected chi connectivity index (χ1v) is 7.71. The second kappa shape index (κ2) is 7.45. The highest BCUT2D eigenvalue weighted by atomic mass is 16.5. The summed E-state index contributed by atoms with van der Waals surface area (Å²) >= 11 is 0.